The quantitative estimate of drug-likeness (QED) is 0.916. The number of hydrogen-bond acceptors (Lipinski definition) is 3. The van der Waals surface area contributed by atoms with Crippen molar-refractivity contribution in [3.8, 4) is 11.4 Å². The molecule has 0 bridgehead atoms. The number of ether oxygens (including phenoxy) is 1. The molecule has 0 radical (unpaired) electrons. The van der Waals surface area contributed by atoms with E-state index in [-0.39, 0.29) is 5.82 Å². The van der Waals surface area contributed by atoms with Crippen LogP contribution in [0.2, 0.25) is 0 Å². The Balaban J connectivity index is 1.65. The second kappa shape index (κ2) is 5.40. The Morgan fingerprint density at radius 3 is 3.21 bits per heavy atom. The van der Waals surface area contributed by atoms with Crippen molar-refractivity contribution in [1.82, 2.24) is 15.1 Å². The molecule has 1 aliphatic rings. The van der Waals surface area contributed by atoms with Gasteiger partial charge in [-0.25, -0.2) is 9.07 Å². The molecule has 1 aromatic carbocycles. The number of rotatable bonds is 4. The molecule has 5 heteroatoms. The van der Waals surface area contributed by atoms with Crippen molar-refractivity contribution < 1.29 is 9.13 Å². The summed E-state index contributed by atoms with van der Waals surface area (Å²) in [4.78, 5) is 0. The molecule has 19 heavy (non-hydrogen) atoms. The molecule has 0 spiro atoms. The van der Waals surface area contributed by atoms with Gasteiger partial charge in [0.25, 0.3) is 0 Å². The Morgan fingerprint density at radius 2 is 2.42 bits per heavy atom. The molecule has 1 unspecified atom stereocenters. The molecule has 0 saturated carbocycles. The van der Waals surface area contributed by atoms with Crippen molar-refractivity contribution in [1.29, 1.82) is 0 Å². The van der Waals surface area contributed by atoms with Gasteiger partial charge < -0.3 is 10.1 Å². The van der Waals surface area contributed by atoms with Gasteiger partial charge in [0, 0.05) is 6.04 Å². The van der Waals surface area contributed by atoms with Gasteiger partial charge in [-0.2, -0.15) is 5.10 Å². The Morgan fingerprint density at radius 1 is 1.47 bits per heavy atom. The summed E-state index contributed by atoms with van der Waals surface area (Å²) < 4.78 is 20.4. The molecule has 3 rings (SSSR count). The molecule has 2 heterocycles. The summed E-state index contributed by atoms with van der Waals surface area (Å²) in [6, 6.07) is 6.75. The van der Waals surface area contributed by atoms with E-state index in [1.54, 1.807) is 29.2 Å². The lowest BCUT2D eigenvalue weighted by molar-refractivity contribution is 0.277. The lowest BCUT2D eigenvalue weighted by Crippen LogP contribution is -2.28. The molecule has 1 aromatic heterocycles. The van der Waals surface area contributed by atoms with Gasteiger partial charge in [0.2, 0.25) is 0 Å². The Bertz CT molecular complexity index is 549. The van der Waals surface area contributed by atoms with Crippen LogP contribution < -0.4 is 10.1 Å². The van der Waals surface area contributed by atoms with Crippen LogP contribution in [-0.2, 0) is 0 Å². The number of nitrogens with one attached hydrogen (secondary N) is 1. The molecular weight excluding hydrogens is 245 g/mol. The number of aromatic nitrogens is 2. The highest BCUT2D eigenvalue weighted by Gasteiger charge is 2.14. The molecule has 0 amide bonds. The maximum absolute atomic E-state index is 13.1. The maximum Gasteiger partial charge on any atom is 0.157 e. The minimum absolute atomic E-state index is 0.273. The monoisotopic (exact) mass is 261 g/mol. The largest absolute Gasteiger partial charge is 0.489 e. The lowest BCUT2D eigenvalue weighted by Gasteiger charge is -2.10. The van der Waals surface area contributed by atoms with Gasteiger partial charge >= 0.3 is 0 Å². The van der Waals surface area contributed by atoms with Crippen molar-refractivity contribution in [2.75, 3.05) is 13.2 Å². The predicted molar refractivity (Wildman–Crippen MR) is 70.0 cm³/mol. The fourth-order valence-electron chi connectivity index (χ4n) is 2.24. The minimum atomic E-state index is -0.273. The van der Waals surface area contributed by atoms with Gasteiger partial charge in [0.1, 0.15) is 12.4 Å². The average Bonchev–Trinajstić information content (AvgIpc) is 3.08. The summed E-state index contributed by atoms with van der Waals surface area (Å²) in [5.74, 6) is 0.434. The Kier molecular flexibility index (Phi) is 3.46. The van der Waals surface area contributed by atoms with Crippen LogP contribution in [-0.4, -0.2) is 29.0 Å². The summed E-state index contributed by atoms with van der Waals surface area (Å²) in [5.41, 5.74) is 0.689. The van der Waals surface area contributed by atoms with Crippen molar-refractivity contribution in [3.05, 3.63) is 42.5 Å². The van der Waals surface area contributed by atoms with Gasteiger partial charge in [0.15, 0.2) is 5.75 Å². The third kappa shape index (κ3) is 2.93. The molecular formula is C14H16FN3O. The summed E-state index contributed by atoms with van der Waals surface area (Å²) in [6.07, 6.45) is 5.78. The number of nitrogens with zero attached hydrogens (tertiary/aromatic N) is 2. The first-order valence-corrected chi connectivity index (χ1v) is 6.48. The van der Waals surface area contributed by atoms with E-state index in [1.807, 2.05) is 0 Å². The highest BCUT2D eigenvalue weighted by atomic mass is 19.1. The third-order valence-corrected chi connectivity index (χ3v) is 3.25. The number of hydrogen-bond donors (Lipinski definition) is 1. The zero-order chi connectivity index (χ0) is 13.1. The second-order valence-corrected chi connectivity index (χ2v) is 4.70. The van der Waals surface area contributed by atoms with Gasteiger partial charge in [-0.1, -0.05) is 6.07 Å². The van der Waals surface area contributed by atoms with Gasteiger partial charge in [-0.05, 0) is 37.6 Å². The normalized spacial score (nSPS) is 18.7. The van der Waals surface area contributed by atoms with Crippen molar-refractivity contribution >= 4 is 0 Å². The highest BCUT2D eigenvalue weighted by molar-refractivity contribution is 5.32. The van der Waals surface area contributed by atoms with Crippen molar-refractivity contribution in [3.63, 3.8) is 0 Å². The van der Waals surface area contributed by atoms with Crippen LogP contribution in [0, 0.1) is 5.82 Å². The van der Waals surface area contributed by atoms with E-state index in [4.69, 9.17) is 4.74 Å². The van der Waals surface area contributed by atoms with Crippen molar-refractivity contribution in [2.45, 2.75) is 18.9 Å². The number of halogens is 1. The lowest BCUT2D eigenvalue weighted by atomic mass is 10.2. The van der Waals surface area contributed by atoms with Crippen LogP contribution in [0.1, 0.15) is 12.8 Å². The van der Waals surface area contributed by atoms with Crippen LogP contribution in [0.15, 0.2) is 36.7 Å². The molecule has 1 saturated heterocycles. The Labute approximate surface area is 111 Å². The number of benzene rings is 1. The zero-order valence-corrected chi connectivity index (χ0v) is 10.6. The smallest absolute Gasteiger partial charge is 0.157 e. The molecule has 2 aromatic rings. The average molecular weight is 261 g/mol. The van der Waals surface area contributed by atoms with Gasteiger partial charge in [0.05, 0.1) is 18.1 Å². The third-order valence-electron chi connectivity index (χ3n) is 3.25. The SMILES string of the molecule is Fc1cccc(-n2cc(OCC3CCCN3)cn2)c1. The second-order valence-electron chi connectivity index (χ2n) is 4.70. The first-order valence-electron chi connectivity index (χ1n) is 6.48. The minimum Gasteiger partial charge on any atom is -0.489 e. The van der Waals surface area contributed by atoms with E-state index in [1.165, 1.54) is 18.6 Å². The van der Waals surface area contributed by atoms with E-state index in [0.29, 0.717) is 24.1 Å². The van der Waals surface area contributed by atoms with Gasteiger partial charge in [-0.15, -0.1) is 0 Å². The molecule has 1 fully saturated rings. The van der Waals surface area contributed by atoms with Crippen LogP contribution in [0.5, 0.6) is 5.75 Å². The molecule has 1 N–H and O–H groups in total. The maximum atomic E-state index is 13.1. The van der Waals surface area contributed by atoms with E-state index in [2.05, 4.69) is 10.4 Å². The molecule has 0 aliphatic carbocycles. The Hall–Kier alpha value is -1.88. The molecule has 4 nitrogen and oxygen atoms in total. The van der Waals surface area contributed by atoms with E-state index in [0.717, 1.165) is 13.0 Å². The summed E-state index contributed by atoms with van der Waals surface area (Å²) >= 11 is 0. The summed E-state index contributed by atoms with van der Waals surface area (Å²) in [6.45, 7) is 1.71. The first-order chi connectivity index (χ1) is 9.31. The topological polar surface area (TPSA) is 39.1 Å². The summed E-state index contributed by atoms with van der Waals surface area (Å²) in [7, 11) is 0. The van der Waals surface area contributed by atoms with Crippen LogP contribution >= 0.6 is 0 Å². The highest BCUT2D eigenvalue weighted by Crippen LogP contribution is 2.15. The van der Waals surface area contributed by atoms with Gasteiger partial charge in [-0.3, -0.25) is 0 Å². The van der Waals surface area contributed by atoms with Crippen LogP contribution in [0.25, 0.3) is 5.69 Å². The van der Waals surface area contributed by atoms with E-state index in [9.17, 15) is 4.39 Å². The molecule has 100 valence electrons. The first kappa shape index (κ1) is 12.2. The fourth-order valence-corrected chi connectivity index (χ4v) is 2.24. The standard InChI is InChI=1S/C14H16FN3O/c15-11-3-1-5-13(7-11)18-9-14(8-17-18)19-10-12-4-2-6-16-12/h1,3,5,7-9,12,16H,2,4,6,10H2. The van der Waals surface area contributed by atoms with E-state index >= 15 is 0 Å². The van der Waals surface area contributed by atoms with Crippen molar-refractivity contribution in [2.24, 2.45) is 0 Å². The predicted octanol–water partition coefficient (Wildman–Crippen LogP) is 2.14. The van der Waals surface area contributed by atoms with E-state index < -0.39 is 0 Å². The molecule has 1 aliphatic heterocycles. The fraction of sp³-hybridized carbons (Fsp3) is 0.357. The van der Waals surface area contributed by atoms with Crippen LogP contribution in [0.3, 0.4) is 0 Å². The molecule has 1 atom stereocenters. The summed E-state index contributed by atoms with van der Waals surface area (Å²) in [5, 5.41) is 7.55. The zero-order valence-electron chi connectivity index (χ0n) is 10.6. The van der Waals surface area contributed by atoms with Crippen LogP contribution in [0.4, 0.5) is 4.39 Å².